The molecule has 1 unspecified atom stereocenters. The van der Waals surface area contributed by atoms with Crippen LogP contribution in [0.1, 0.15) is 80.9 Å². The fraction of sp³-hybridized carbons (Fsp3) is 0.567. The standard InChI is InChI=1S/C30H39N7O5/c1-18-13-21(27(39)37-23(18)26(38)34-30(37)10-7-6-8-11-30)33-25-24-19(2)22(15-36(24)32-17-31-25)41-16-20-9-12-35(14-20)28(40)42-29(3,4)5/h13,15,17,20H,6-12,14,16H2,1-5H3,(H,34,38)(H,31,32,33). The maximum atomic E-state index is 13.9. The number of anilines is 2. The van der Waals surface area contributed by atoms with Gasteiger partial charge in [-0.3, -0.25) is 14.2 Å². The van der Waals surface area contributed by atoms with E-state index in [0.717, 1.165) is 49.7 Å². The Hall–Kier alpha value is -4.09. The van der Waals surface area contributed by atoms with Gasteiger partial charge < -0.3 is 25.0 Å². The summed E-state index contributed by atoms with van der Waals surface area (Å²) in [5.74, 6) is 1.12. The van der Waals surface area contributed by atoms with Crippen molar-refractivity contribution < 1.29 is 19.1 Å². The lowest BCUT2D eigenvalue weighted by Crippen LogP contribution is -2.48. The molecule has 2 amide bonds. The smallest absolute Gasteiger partial charge is 0.410 e. The minimum absolute atomic E-state index is 0.182. The van der Waals surface area contributed by atoms with Crippen LogP contribution in [-0.2, 0) is 10.4 Å². The summed E-state index contributed by atoms with van der Waals surface area (Å²) in [4.78, 5) is 45.4. The van der Waals surface area contributed by atoms with Gasteiger partial charge in [0.1, 0.15) is 40.2 Å². The Morgan fingerprint density at radius 3 is 2.69 bits per heavy atom. The number of rotatable bonds is 5. The van der Waals surface area contributed by atoms with Gasteiger partial charge in [0.05, 0.1) is 12.8 Å². The van der Waals surface area contributed by atoms with Gasteiger partial charge in [-0.15, -0.1) is 0 Å². The molecule has 2 N–H and O–H groups in total. The SMILES string of the molecule is Cc1cc(Nc2ncnn3cc(OCC4CCN(C(=O)OC(C)(C)C)C4)c(C)c23)c(=O)n2c1C(=O)NC21CCCCC1. The molecule has 2 aliphatic heterocycles. The number of hydrogen-bond acceptors (Lipinski definition) is 8. The topological polar surface area (TPSA) is 132 Å². The van der Waals surface area contributed by atoms with Crippen LogP contribution in [0.2, 0.25) is 0 Å². The molecule has 1 aliphatic carbocycles. The predicted octanol–water partition coefficient (Wildman–Crippen LogP) is 4.25. The zero-order valence-electron chi connectivity index (χ0n) is 25.0. The maximum absolute atomic E-state index is 13.9. The first-order chi connectivity index (χ1) is 20.0. The molecule has 5 heterocycles. The van der Waals surface area contributed by atoms with Crippen molar-refractivity contribution >= 4 is 29.0 Å². The molecule has 0 aromatic carbocycles. The van der Waals surface area contributed by atoms with Gasteiger partial charge in [0.25, 0.3) is 11.5 Å². The maximum Gasteiger partial charge on any atom is 0.410 e. The summed E-state index contributed by atoms with van der Waals surface area (Å²) in [6, 6.07) is 1.72. The minimum atomic E-state index is -0.670. The van der Waals surface area contributed by atoms with Gasteiger partial charge >= 0.3 is 6.09 Å². The summed E-state index contributed by atoms with van der Waals surface area (Å²) in [5, 5.41) is 10.7. The first-order valence-corrected chi connectivity index (χ1v) is 14.8. The molecule has 1 saturated carbocycles. The lowest BCUT2D eigenvalue weighted by Gasteiger charge is -2.35. The third kappa shape index (κ3) is 4.96. The first kappa shape index (κ1) is 28.0. The van der Waals surface area contributed by atoms with E-state index in [9.17, 15) is 14.4 Å². The average Bonchev–Trinajstić information content (AvgIpc) is 3.60. The predicted molar refractivity (Wildman–Crippen MR) is 156 cm³/mol. The number of fused-ring (bicyclic) bond motifs is 3. The van der Waals surface area contributed by atoms with Crippen molar-refractivity contribution in [3.63, 3.8) is 0 Å². The number of hydrogen-bond donors (Lipinski definition) is 2. The molecule has 1 saturated heterocycles. The third-order valence-corrected chi connectivity index (χ3v) is 8.51. The summed E-state index contributed by atoms with van der Waals surface area (Å²) in [5.41, 5.74) is 1.60. The molecule has 6 rings (SSSR count). The number of aromatic nitrogens is 4. The van der Waals surface area contributed by atoms with Crippen molar-refractivity contribution in [1.29, 1.82) is 0 Å². The molecule has 3 aromatic heterocycles. The van der Waals surface area contributed by atoms with Gasteiger partial charge in [0.15, 0.2) is 5.82 Å². The number of aryl methyl sites for hydroxylation is 2. The molecule has 0 radical (unpaired) electrons. The van der Waals surface area contributed by atoms with E-state index in [1.807, 2.05) is 34.6 Å². The molecule has 12 nitrogen and oxygen atoms in total. The third-order valence-electron chi connectivity index (χ3n) is 8.51. The molecular formula is C30H39N7O5. The molecule has 1 spiro atoms. The Morgan fingerprint density at radius 1 is 1.19 bits per heavy atom. The van der Waals surface area contributed by atoms with Crippen LogP contribution in [-0.4, -0.2) is 61.4 Å². The molecule has 3 aliphatic rings. The Balaban J connectivity index is 1.23. The van der Waals surface area contributed by atoms with Crippen LogP contribution in [0.5, 0.6) is 5.75 Å². The molecule has 0 bridgehead atoms. The fourth-order valence-corrected chi connectivity index (χ4v) is 6.51. The summed E-state index contributed by atoms with van der Waals surface area (Å²) in [7, 11) is 0. The van der Waals surface area contributed by atoms with E-state index >= 15 is 0 Å². The molecule has 2 fully saturated rings. The van der Waals surface area contributed by atoms with Crippen LogP contribution in [0.4, 0.5) is 16.3 Å². The highest BCUT2D eigenvalue weighted by Gasteiger charge is 2.45. The molecule has 3 aromatic rings. The van der Waals surface area contributed by atoms with Crippen LogP contribution in [0.25, 0.3) is 5.52 Å². The van der Waals surface area contributed by atoms with E-state index in [0.29, 0.717) is 48.2 Å². The lowest BCUT2D eigenvalue weighted by molar-refractivity contribution is 0.0284. The number of carbonyl (C=O) groups is 2. The molecule has 1 atom stereocenters. The van der Waals surface area contributed by atoms with E-state index < -0.39 is 11.3 Å². The molecule has 42 heavy (non-hydrogen) atoms. The van der Waals surface area contributed by atoms with E-state index in [1.165, 1.54) is 6.33 Å². The molecule has 12 heteroatoms. The molecule has 224 valence electrons. The Morgan fingerprint density at radius 2 is 1.95 bits per heavy atom. The Labute approximate surface area is 244 Å². The van der Waals surface area contributed by atoms with E-state index in [2.05, 4.69) is 20.7 Å². The number of likely N-dealkylation sites (tertiary alicyclic amines) is 1. The zero-order valence-corrected chi connectivity index (χ0v) is 25.0. The highest BCUT2D eigenvalue weighted by molar-refractivity contribution is 5.97. The monoisotopic (exact) mass is 577 g/mol. The van der Waals surface area contributed by atoms with Gasteiger partial charge in [-0.1, -0.05) is 6.42 Å². The highest BCUT2D eigenvalue weighted by atomic mass is 16.6. The normalized spacial score (nSPS) is 19.7. The van der Waals surface area contributed by atoms with Gasteiger partial charge in [-0.05, 0) is 78.4 Å². The van der Waals surface area contributed by atoms with Crippen molar-refractivity contribution in [2.75, 3.05) is 25.0 Å². The summed E-state index contributed by atoms with van der Waals surface area (Å²) < 4.78 is 15.1. The number of carbonyl (C=O) groups excluding carboxylic acids is 2. The van der Waals surface area contributed by atoms with Gasteiger partial charge in [-0.2, -0.15) is 5.10 Å². The van der Waals surface area contributed by atoms with Crippen molar-refractivity contribution in [3.8, 4) is 5.75 Å². The lowest BCUT2D eigenvalue weighted by atomic mass is 9.89. The Bertz CT molecular complexity index is 1610. The number of ether oxygens (including phenoxy) is 2. The number of pyridine rings is 1. The van der Waals surface area contributed by atoms with Gasteiger partial charge in [0, 0.05) is 24.6 Å². The second-order valence-electron chi connectivity index (χ2n) is 12.8. The fourth-order valence-electron chi connectivity index (χ4n) is 6.51. The van der Waals surface area contributed by atoms with Crippen LogP contribution in [0, 0.1) is 19.8 Å². The number of nitrogens with one attached hydrogen (secondary N) is 2. The summed E-state index contributed by atoms with van der Waals surface area (Å²) in [6.07, 6.45) is 8.26. The van der Waals surface area contributed by atoms with Crippen molar-refractivity contribution in [3.05, 3.63) is 45.8 Å². The largest absolute Gasteiger partial charge is 0.491 e. The van der Waals surface area contributed by atoms with Crippen molar-refractivity contribution in [2.24, 2.45) is 5.92 Å². The Kier molecular flexibility index (Phi) is 6.89. The van der Waals surface area contributed by atoms with Crippen LogP contribution >= 0.6 is 0 Å². The van der Waals surface area contributed by atoms with Crippen LogP contribution in [0.3, 0.4) is 0 Å². The van der Waals surface area contributed by atoms with E-state index in [1.54, 1.807) is 26.2 Å². The van der Waals surface area contributed by atoms with Gasteiger partial charge in [-0.25, -0.2) is 14.3 Å². The number of nitrogens with zero attached hydrogens (tertiary/aromatic N) is 5. The zero-order chi connectivity index (χ0) is 29.8. The quantitative estimate of drug-likeness (QED) is 0.460. The van der Waals surface area contributed by atoms with Crippen molar-refractivity contribution in [2.45, 2.75) is 84.4 Å². The second kappa shape index (κ2) is 10.3. The van der Waals surface area contributed by atoms with Crippen molar-refractivity contribution in [1.82, 2.24) is 29.4 Å². The van der Waals surface area contributed by atoms with Crippen LogP contribution in [0.15, 0.2) is 23.4 Å². The van der Waals surface area contributed by atoms with Gasteiger partial charge in [0.2, 0.25) is 0 Å². The average molecular weight is 578 g/mol. The van der Waals surface area contributed by atoms with Crippen LogP contribution < -0.4 is 20.9 Å². The minimum Gasteiger partial charge on any atom is -0.491 e. The summed E-state index contributed by atoms with van der Waals surface area (Å²) >= 11 is 0. The first-order valence-electron chi connectivity index (χ1n) is 14.8. The van der Waals surface area contributed by atoms with E-state index in [-0.39, 0.29) is 23.5 Å². The van der Waals surface area contributed by atoms with E-state index in [4.69, 9.17) is 9.47 Å². The highest BCUT2D eigenvalue weighted by Crippen LogP contribution is 2.38. The molecular weight excluding hydrogens is 538 g/mol. The summed E-state index contributed by atoms with van der Waals surface area (Å²) in [6.45, 7) is 11.0. The second-order valence-corrected chi connectivity index (χ2v) is 12.8. The number of amides is 2.